The van der Waals surface area contributed by atoms with Crippen LogP contribution in [-0.4, -0.2) is 103 Å². The maximum Gasteiger partial charge on any atom is 0.313 e. The summed E-state index contributed by atoms with van der Waals surface area (Å²) < 4.78 is 53.3. The molecule has 0 saturated heterocycles. The number of esters is 2. The number of methoxy groups -OCH3 is 4. The van der Waals surface area contributed by atoms with Crippen molar-refractivity contribution in [2.45, 2.75) is 118 Å². The normalized spacial score (nSPS) is 16.1. The molecule has 0 aliphatic carbocycles. The van der Waals surface area contributed by atoms with E-state index in [1.165, 1.54) is 16.2 Å². The average molecular weight is 1190 g/mol. The van der Waals surface area contributed by atoms with Gasteiger partial charge in [0.2, 0.25) is 0 Å². The molecule has 8 aromatic rings. The van der Waals surface area contributed by atoms with Gasteiger partial charge in [0.1, 0.15) is 37.3 Å². The summed E-state index contributed by atoms with van der Waals surface area (Å²) in [6, 6.07) is 32.0. The van der Waals surface area contributed by atoms with Gasteiger partial charge in [0, 0.05) is 56.7 Å². The number of carbonyl (C=O) groups excluding carboxylic acids is 2. The third-order valence-corrected chi connectivity index (χ3v) is 14.9. The van der Waals surface area contributed by atoms with Gasteiger partial charge in [-0.2, -0.15) is 4.80 Å². The number of para-hydroxylation sites is 2. The van der Waals surface area contributed by atoms with E-state index in [0.717, 1.165) is 57.9 Å². The van der Waals surface area contributed by atoms with E-state index in [2.05, 4.69) is 104 Å². The maximum absolute atomic E-state index is 12.1. The van der Waals surface area contributed by atoms with E-state index in [0.29, 0.717) is 95.7 Å². The average Bonchev–Trinajstić information content (AvgIpc) is 2.16. The van der Waals surface area contributed by atoms with Crippen molar-refractivity contribution in [3.8, 4) is 34.4 Å². The number of ether oxygens (including phenoxy) is 8. The quantitative estimate of drug-likeness (QED) is 0.0579. The molecular weight excluding hydrogens is 1120 g/mol. The van der Waals surface area contributed by atoms with E-state index in [-0.39, 0.29) is 37.0 Å². The fraction of sp³-hybridized carbons (Fsp3) is 0.419. The molecule has 2 aliphatic rings. The Bertz CT molecular complexity index is 3560. The Morgan fingerprint density at radius 3 is 1.56 bits per heavy atom. The van der Waals surface area contributed by atoms with E-state index in [4.69, 9.17) is 61.1 Å². The highest BCUT2D eigenvalue weighted by Crippen LogP contribution is 2.49. The van der Waals surface area contributed by atoms with E-state index in [1.54, 1.807) is 47.0 Å². The molecule has 6 heterocycles. The number of aromatic nitrogens is 10. The minimum atomic E-state index is -0.520. The first kappa shape index (κ1) is 60.8. The van der Waals surface area contributed by atoms with E-state index >= 15 is 0 Å². The zero-order valence-corrected chi connectivity index (χ0v) is 50.6. The first-order valence-electron chi connectivity index (χ1n) is 28.2. The summed E-state index contributed by atoms with van der Waals surface area (Å²) in [6.07, 6.45) is 1.09. The Balaban J connectivity index is 0.000000202. The number of hydrogen-bond donors (Lipinski definition) is 0. The number of tetrazole rings is 2. The molecule has 444 valence electrons. The first-order valence-corrected chi connectivity index (χ1v) is 29.0. The third-order valence-electron chi connectivity index (χ3n) is 14.4. The topological polar surface area (TPSA) is 205 Å². The smallest absolute Gasteiger partial charge is 0.313 e. The summed E-state index contributed by atoms with van der Waals surface area (Å²) in [7, 11) is 6.49. The Kier molecular flexibility index (Phi) is 20.1. The van der Waals surface area contributed by atoms with Crippen LogP contribution in [0.15, 0.2) is 97.1 Å². The lowest BCUT2D eigenvalue weighted by molar-refractivity contribution is -0.143. The standard InChI is InChI=1S/2C31H36ClN5O5/c1-6-41-29(38)18-28-33-34-35-36(28)15-14-26-25-13-11-21(16-19(2)3)37(25)24-12-10-20(32)17-23(24)30(42-26)22-8-7-9-27(39-4)31(22)40-5;1-6-41-29(38)18-28-33-35-36(34-28)15-14-26-25-13-11-21(16-19(2)3)37(25)24-12-10-20(32)17-23(24)30(42-26)22-8-7-9-27(39-4)31(22)40-5/h2*7-13,17,19,26,30H,6,14-16,18H2,1-5H3/t2*26-,30-/m11/s1. The number of hydrogen-bond acceptors (Lipinski definition) is 16. The SMILES string of the molecule is CCOC(=O)Cc1nnn(CC[C@H]2O[C@H](c3cccc(OC)c3OC)c3cc(Cl)ccc3-n3c(CC(C)C)ccc32)n1.CCOC(=O)Cc1nnnn1CC[C@H]1O[C@H](c2cccc(OC)c2OC)c2cc(Cl)ccc2-n2c(CC(C)C)ccc21. The molecule has 0 N–H and O–H groups in total. The van der Waals surface area contributed by atoms with Crippen LogP contribution in [0.4, 0.5) is 0 Å². The number of rotatable bonds is 22. The lowest BCUT2D eigenvalue weighted by Crippen LogP contribution is -2.17. The Hall–Kier alpha value is -7.78. The lowest BCUT2D eigenvalue weighted by atomic mass is 9.97. The van der Waals surface area contributed by atoms with Crippen LogP contribution in [0.25, 0.3) is 11.4 Å². The van der Waals surface area contributed by atoms with Gasteiger partial charge < -0.3 is 47.0 Å². The second-order valence-electron chi connectivity index (χ2n) is 21.1. The molecule has 84 heavy (non-hydrogen) atoms. The van der Waals surface area contributed by atoms with Gasteiger partial charge in [-0.15, -0.1) is 15.3 Å². The monoisotopic (exact) mass is 1190 g/mol. The molecule has 10 rings (SSSR count). The fourth-order valence-corrected chi connectivity index (χ4v) is 11.4. The number of aryl methyl sites for hydroxylation is 2. The van der Waals surface area contributed by atoms with Crippen molar-refractivity contribution >= 4 is 35.1 Å². The molecule has 0 saturated carbocycles. The van der Waals surface area contributed by atoms with E-state index < -0.39 is 12.2 Å². The highest BCUT2D eigenvalue weighted by Gasteiger charge is 2.37. The minimum absolute atomic E-state index is 0.00511. The minimum Gasteiger partial charge on any atom is -0.493 e. The molecule has 4 atom stereocenters. The van der Waals surface area contributed by atoms with Gasteiger partial charge in [0.05, 0.1) is 71.0 Å². The molecule has 20 nitrogen and oxygen atoms in total. The number of halogens is 2. The molecule has 2 aliphatic heterocycles. The molecule has 4 aromatic heterocycles. The van der Waals surface area contributed by atoms with E-state index in [1.807, 2.05) is 60.7 Å². The second kappa shape index (κ2) is 27.7. The molecule has 0 unspecified atom stereocenters. The molecule has 22 heteroatoms. The van der Waals surface area contributed by atoms with Crippen LogP contribution >= 0.6 is 23.2 Å². The fourth-order valence-electron chi connectivity index (χ4n) is 11.0. The van der Waals surface area contributed by atoms with Gasteiger partial charge >= 0.3 is 11.9 Å². The largest absolute Gasteiger partial charge is 0.493 e. The summed E-state index contributed by atoms with van der Waals surface area (Å²) in [6.45, 7) is 13.8. The predicted octanol–water partition coefficient (Wildman–Crippen LogP) is 11.4. The van der Waals surface area contributed by atoms with Crippen LogP contribution in [0.5, 0.6) is 23.0 Å². The Morgan fingerprint density at radius 2 is 1.08 bits per heavy atom. The van der Waals surface area contributed by atoms with Gasteiger partial charge in [-0.3, -0.25) is 9.59 Å². The molecule has 0 fully saturated rings. The van der Waals surface area contributed by atoms with Gasteiger partial charge in [-0.05, 0) is 133 Å². The number of benzene rings is 4. The van der Waals surface area contributed by atoms with Gasteiger partial charge in [0.25, 0.3) is 0 Å². The zero-order valence-electron chi connectivity index (χ0n) is 49.1. The molecule has 0 bridgehead atoms. The summed E-state index contributed by atoms with van der Waals surface area (Å²) in [5.41, 5.74) is 9.90. The van der Waals surface area contributed by atoms with Crippen LogP contribution in [0.2, 0.25) is 10.0 Å². The number of fused-ring (bicyclic) bond motifs is 6. The van der Waals surface area contributed by atoms with Crippen molar-refractivity contribution in [2.75, 3.05) is 41.7 Å². The van der Waals surface area contributed by atoms with Crippen molar-refractivity contribution in [3.63, 3.8) is 0 Å². The zero-order chi connectivity index (χ0) is 59.6. The van der Waals surface area contributed by atoms with Crippen LogP contribution in [0.1, 0.15) is 135 Å². The van der Waals surface area contributed by atoms with Crippen molar-refractivity contribution in [2.24, 2.45) is 11.8 Å². The van der Waals surface area contributed by atoms with Gasteiger partial charge in [-0.25, -0.2) is 4.68 Å². The van der Waals surface area contributed by atoms with Crippen molar-refractivity contribution in [1.29, 1.82) is 0 Å². The summed E-state index contributed by atoms with van der Waals surface area (Å²) in [5.74, 6) is 3.33. The Morgan fingerprint density at radius 1 is 0.583 bits per heavy atom. The lowest BCUT2D eigenvalue weighted by Gasteiger charge is -2.25. The van der Waals surface area contributed by atoms with Crippen LogP contribution < -0.4 is 18.9 Å². The summed E-state index contributed by atoms with van der Waals surface area (Å²) >= 11 is 13.2. The van der Waals surface area contributed by atoms with Crippen LogP contribution in [0, 0.1) is 11.8 Å². The van der Waals surface area contributed by atoms with Crippen molar-refractivity contribution < 1.29 is 47.5 Å². The van der Waals surface area contributed by atoms with Crippen LogP contribution in [-0.2, 0) is 67.3 Å². The molecule has 0 radical (unpaired) electrons. The molecule has 0 spiro atoms. The molecule has 0 amide bonds. The molecular formula is C62H72Cl2N10O10. The van der Waals surface area contributed by atoms with Crippen molar-refractivity contribution in [3.05, 3.63) is 164 Å². The highest BCUT2D eigenvalue weighted by molar-refractivity contribution is 6.31. The van der Waals surface area contributed by atoms with Crippen molar-refractivity contribution in [1.82, 2.24) is 49.5 Å². The summed E-state index contributed by atoms with van der Waals surface area (Å²) in [4.78, 5) is 25.5. The number of nitrogens with zero attached hydrogens (tertiary/aromatic N) is 10. The number of carbonyl (C=O) groups is 2. The van der Waals surface area contributed by atoms with Crippen LogP contribution in [0.3, 0.4) is 0 Å². The second-order valence-corrected chi connectivity index (χ2v) is 22.0. The first-order chi connectivity index (χ1) is 40.7. The predicted molar refractivity (Wildman–Crippen MR) is 315 cm³/mol. The van der Waals surface area contributed by atoms with Gasteiger partial charge in [-0.1, -0.05) is 75.2 Å². The Labute approximate surface area is 499 Å². The maximum atomic E-state index is 12.1. The van der Waals surface area contributed by atoms with E-state index in [9.17, 15) is 9.59 Å². The summed E-state index contributed by atoms with van der Waals surface area (Å²) in [5, 5.41) is 25.8. The highest BCUT2D eigenvalue weighted by atomic mass is 35.5. The van der Waals surface area contributed by atoms with Gasteiger partial charge in [0.15, 0.2) is 34.6 Å². The third kappa shape index (κ3) is 13.6. The molecule has 4 aromatic carbocycles.